The molecule has 0 aliphatic carbocycles. The predicted molar refractivity (Wildman–Crippen MR) is 82.6 cm³/mol. The standard InChI is InChI=1S/C17H18N2O2/c1-11-4-5-13(8-12(11)2)21-14-6-7-15-16(9-14)19(3)17(10-20)18-15/h4-9,20H,10H2,1-3H3. The van der Waals surface area contributed by atoms with E-state index in [9.17, 15) is 5.11 Å². The maximum Gasteiger partial charge on any atom is 0.135 e. The summed E-state index contributed by atoms with van der Waals surface area (Å²) < 4.78 is 7.79. The second-order valence-electron chi connectivity index (χ2n) is 5.24. The van der Waals surface area contributed by atoms with E-state index in [1.165, 1.54) is 11.1 Å². The van der Waals surface area contributed by atoms with Gasteiger partial charge in [-0.1, -0.05) is 6.07 Å². The quantitative estimate of drug-likeness (QED) is 0.800. The van der Waals surface area contributed by atoms with Gasteiger partial charge in [0.15, 0.2) is 0 Å². The first-order valence-corrected chi connectivity index (χ1v) is 6.90. The Balaban J connectivity index is 1.97. The van der Waals surface area contributed by atoms with E-state index in [4.69, 9.17) is 4.74 Å². The van der Waals surface area contributed by atoms with Crippen molar-refractivity contribution in [2.24, 2.45) is 7.05 Å². The minimum absolute atomic E-state index is 0.0709. The first kappa shape index (κ1) is 13.6. The molecule has 0 unspecified atom stereocenters. The molecule has 0 amide bonds. The van der Waals surface area contributed by atoms with Crippen LogP contribution >= 0.6 is 0 Å². The minimum Gasteiger partial charge on any atom is -0.457 e. The third kappa shape index (κ3) is 2.50. The van der Waals surface area contributed by atoms with Crippen molar-refractivity contribution in [2.75, 3.05) is 0 Å². The molecule has 4 heteroatoms. The van der Waals surface area contributed by atoms with Crippen molar-refractivity contribution in [2.45, 2.75) is 20.5 Å². The highest BCUT2D eigenvalue weighted by Crippen LogP contribution is 2.27. The van der Waals surface area contributed by atoms with Gasteiger partial charge in [-0.3, -0.25) is 0 Å². The first-order valence-electron chi connectivity index (χ1n) is 6.90. The van der Waals surface area contributed by atoms with Gasteiger partial charge in [-0.15, -0.1) is 0 Å². The molecule has 0 bridgehead atoms. The molecule has 4 nitrogen and oxygen atoms in total. The number of rotatable bonds is 3. The van der Waals surface area contributed by atoms with Gasteiger partial charge in [0.05, 0.1) is 11.0 Å². The zero-order valence-electron chi connectivity index (χ0n) is 12.4. The Morgan fingerprint density at radius 1 is 1.05 bits per heavy atom. The number of aliphatic hydroxyl groups is 1. The highest BCUT2D eigenvalue weighted by molar-refractivity contribution is 5.77. The molecule has 3 aromatic rings. The molecule has 0 saturated carbocycles. The molecular formula is C17H18N2O2. The van der Waals surface area contributed by atoms with Gasteiger partial charge in [0.1, 0.15) is 23.9 Å². The summed E-state index contributed by atoms with van der Waals surface area (Å²) in [6, 6.07) is 11.8. The number of aromatic nitrogens is 2. The van der Waals surface area contributed by atoms with Gasteiger partial charge in [-0.05, 0) is 49.2 Å². The number of hydrogen-bond acceptors (Lipinski definition) is 3. The average molecular weight is 282 g/mol. The van der Waals surface area contributed by atoms with Gasteiger partial charge in [-0.25, -0.2) is 4.98 Å². The third-order valence-corrected chi connectivity index (χ3v) is 3.80. The molecule has 0 fully saturated rings. The first-order chi connectivity index (χ1) is 10.1. The molecule has 0 aliphatic rings. The van der Waals surface area contributed by atoms with Crippen molar-refractivity contribution in [1.82, 2.24) is 9.55 Å². The lowest BCUT2D eigenvalue weighted by molar-refractivity contribution is 0.268. The number of fused-ring (bicyclic) bond motifs is 1. The second kappa shape index (κ2) is 5.22. The van der Waals surface area contributed by atoms with Gasteiger partial charge >= 0.3 is 0 Å². The van der Waals surface area contributed by atoms with Crippen LogP contribution in [0.3, 0.4) is 0 Å². The molecule has 0 spiro atoms. The lowest BCUT2D eigenvalue weighted by atomic mass is 10.1. The summed E-state index contributed by atoms with van der Waals surface area (Å²) in [7, 11) is 1.89. The number of nitrogens with zero attached hydrogens (tertiary/aromatic N) is 2. The SMILES string of the molecule is Cc1ccc(Oc2ccc3nc(CO)n(C)c3c2)cc1C. The fraction of sp³-hybridized carbons (Fsp3) is 0.235. The summed E-state index contributed by atoms with van der Waals surface area (Å²) >= 11 is 0. The number of imidazole rings is 1. The summed E-state index contributed by atoms with van der Waals surface area (Å²) in [5, 5.41) is 9.27. The zero-order valence-corrected chi connectivity index (χ0v) is 12.4. The van der Waals surface area contributed by atoms with E-state index < -0.39 is 0 Å². The molecule has 1 aromatic heterocycles. The van der Waals surface area contributed by atoms with Crippen molar-refractivity contribution >= 4 is 11.0 Å². The van der Waals surface area contributed by atoms with Crippen LogP contribution in [0.15, 0.2) is 36.4 Å². The van der Waals surface area contributed by atoms with Crippen LogP contribution in [0.5, 0.6) is 11.5 Å². The monoisotopic (exact) mass is 282 g/mol. The van der Waals surface area contributed by atoms with Crippen LogP contribution < -0.4 is 4.74 Å². The fourth-order valence-corrected chi connectivity index (χ4v) is 2.34. The highest BCUT2D eigenvalue weighted by atomic mass is 16.5. The van der Waals surface area contributed by atoms with Gasteiger partial charge in [0, 0.05) is 13.1 Å². The second-order valence-corrected chi connectivity index (χ2v) is 5.24. The third-order valence-electron chi connectivity index (χ3n) is 3.80. The molecule has 3 rings (SSSR count). The number of aliphatic hydroxyl groups excluding tert-OH is 1. The normalized spacial score (nSPS) is 11.0. The van der Waals surface area contributed by atoms with Crippen molar-refractivity contribution in [1.29, 1.82) is 0 Å². The molecule has 0 radical (unpaired) electrons. The number of aryl methyl sites for hydroxylation is 3. The van der Waals surface area contributed by atoms with E-state index in [-0.39, 0.29) is 6.61 Å². The zero-order chi connectivity index (χ0) is 15.0. The highest BCUT2D eigenvalue weighted by Gasteiger charge is 2.08. The minimum atomic E-state index is -0.0709. The van der Waals surface area contributed by atoms with E-state index in [0.29, 0.717) is 5.82 Å². The van der Waals surface area contributed by atoms with E-state index in [1.54, 1.807) is 0 Å². The largest absolute Gasteiger partial charge is 0.457 e. The van der Waals surface area contributed by atoms with Crippen LogP contribution in [-0.4, -0.2) is 14.7 Å². The lowest BCUT2D eigenvalue weighted by Crippen LogP contribution is -1.96. The van der Waals surface area contributed by atoms with Crippen molar-refractivity contribution in [3.63, 3.8) is 0 Å². The van der Waals surface area contributed by atoms with Gasteiger partial charge < -0.3 is 14.4 Å². The summed E-state index contributed by atoms with van der Waals surface area (Å²) in [5.41, 5.74) is 4.25. The Bertz CT molecular complexity index is 806. The molecule has 0 aliphatic heterocycles. The summed E-state index contributed by atoms with van der Waals surface area (Å²) in [4.78, 5) is 4.36. The van der Waals surface area contributed by atoms with Crippen molar-refractivity contribution < 1.29 is 9.84 Å². The molecule has 0 atom stereocenters. The van der Waals surface area contributed by atoms with Crippen molar-refractivity contribution in [3.05, 3.63) is 53.3 Å². The molecule has 1 N–H and O–H groups in total. The smallest absolute Gasteiger partial charge is 0.135 e. The van der Waals surface area contributed by atoms with Crippen LogP contribution in [0, 0.1) is 13.8 Å². The fourth-order valence-electron chi connectivity index (χ4n) is 2.34. The molecule has 0 saturated heterocycles. The van der Waals surface area contributed by atoms with Crippen LogP contribution in [0.1, 0.15) is 17.0 Å². The van der Waals surface area contributed by atoms with Crippen molar-refractivity contribution in [3.8, 4) is 11.5 Å². The Morgan fingerprint density at radius 3 is 2.48 bits per heavy atom. The average Bonchev–Trinajstić information content (AvgIpc) is 2.79. The number of benzene rings is 2. The van der Waals surface area contributed by atoms with Gasteiger partial charge in [-0.2, -0.15) is 0 Å². The van der Waals surface area contributed by atoms with Crippen LogP contribution in [0.2, 0.25) is 0 Å². The van der Waals surface area contributed by atoms with E-state index >= 15 is 0 Å². The van der Waals surface area contributed by atoms with Crippen LogP contribution in [0.4, 0.5) is 0 Å². The van der Waals surface area contributed by atoms with Gasteiger partial charge in [0.25, 0.3) is 0 Å². The summed E-state index contributed by atoms with van der Waals surface area (Å²) in [6.07, 6.45) is 0. The Labute approximate surface area is 123 Å². The maximum atomic E-state index is 9.27. The maximum absolute atomic E-state index is 9.27. The van der Waals surface area contributed by atoms with Crippen LogP contribution in [-0.2, 0) is 13.7 Å². The Kier molecular flexibility index (Phi) is 3.39. The molecule has 108 valence electrons. The predicted octanol–water partition coefficient (Wildman–Crippen LogP) is 3.47. The topological polar surface area (TPSA) is 47.3 Å². The summed E-state index contributed by atoms with van der Waals surface area (Å²) in [5.74, 6) is 2.23. The molecule has 1 heterocycles. The van der Waals surface area contributed by atoms with E-state index in [1.807, 2.05) is 41.9 Å². The molecule has 2 aromatic carbocycles. The summed E-state index contributed by atoms with van der Waals surface area (Å²) in [6.45, 7) is 4.08. The number of ether oxygens (including phenoxy) is 1. The lowest BCUT2D eigenvalue weighted by Gasteiger charge is -2.08. The number of hydrogen-bond donors (Lipinski definition) is 1. The molecular weight excluding hydrogens is 264 g/mol. The Hall–Kier alpha value is -2.33. The van der Waals surface area contributed by atoms with Crippen LogP contribution in [0.25, 0.3) is 11.0 Å². The van der Waals surface area contributed by atoms with E-state index in [0.717, 1.165) is 22.5 Å². The molecule has 21 heavy (non-hydrogen) atoms. The van der Waals surface area contributed by atoms with Gasteiger partial charge in [0.2, 0.25) is 0 Å². The van der Waals surface area contributed by atoms with E-state index in [2.05, 4.69) is 24.9 Å². The Morgan fingerprint density at radius 2 is 1.76 bits per heavy atom.